The molecule has 0 atom stereocenters. The molecule has 6 heteroatoms. The van der Waals surface area contributed by atoms with Crippen LogP contribution >= 0.6 is 0 Å². The Labute approximate surface area is 160 Å². The first-order chi connectivity index (χ1) is 13.0. The number of aromatic nitrogens is 2. The van der Waals surface area contributed by atoms with E-state index in [0.29, 0.717) is 11.5 Å². The summed E-state index contributed by atoms with van der Waals surface area (Å²) in [6, 6.07) is 10.2. The summed E-state index contributed by atoms with van der Waals surface area (Å²) in [6.45, 7) is 3.29. The third-order valence-electron chi connectivity index (χ3n) is 6.45. The highest BCUT2D eigenvalue weighted by molar-refractivity contribution is 5.36. The molecule has 4 rings (SSSR count). The summed E-state index contributed by atoms with van der Waals surface area (Å²) in [4.78, 5) is 18.3. The predicted molar refractivity (Wildman–Crippen MR) is 108 cm³/mol. The Morgan fingerprint density at radius 3 is 2.33 bits per heavy atom. The zero-order valence-corrected chi connectivity index (χ0v) is 15.8. The standard InChI is InChI=1S/C21H29N5O/c22-17-5-8-21(9-6-17)10-13-25(14-11-21)15-16-1-3-18(4-2-16)26-12-7-19(23)24-20(26)27/h1-4,7,12,17H,5-6,8-11,13-15,22H2,(H2,23,24,27). The molecule has 27 heavy (non-hydrogen) atoms. The predicted octanol–water partition coefficient (Wildman–Crippen LogP) is 2.30. The molecule has 1 saturated heterocycles. The van der Waals surface area contributed by atoms with Crippen LogP contribution in [-0.4, -0.2) is 33.6 Å². The number of likely N-dealkylation sites (tertiary alicyclic amines) is 1. The molecule has 2 fully saturated rings. The SMILES string of the molecule is Nc1ccn(-c2ccc(CN3CCC4(CCC(N)CC4)CC3)cc2)c(=O)n1. The van der Waals surface area contributed by atoms with Crippen LogP contribution in [0.4, 0.5) is 5.82 Å². The van der Waals surface area contributed by atoms with Crippen molar-refractivity contribution in [1.29, 1.82) is 0 Å². The van der Waals surface area contributed by atoms with Gasteiger partial charge in [-0.05, 0) is 80.8 Å². The monoisotopic (exact) mass is 367 g/mol. The summed E-state index contributed by atoms with van der Waals surface area (Å²) in [5.41, 5.74) is 13.9. The van der Waals surface area contributed by atoms with Crippen molar-refractivity contribution in [3.8, 4) is 5.69 Å². The van der Waals surface area contributed by atoms with E-state index in [1.165, 1.54) is 61.7 Å². The number of hydrogen-bond acceptors (Lipinski definition) is 5. The van der Waals surface area contributed by atoms with Crippen LogP contribution in [-0.2, 0) is 6.54 Å². The van der Waals surface area contributed by atoms with Crippen LogP contribution in [0.3, 0.4) is 0 Å². The minimum atomic E-state index is -0.351. The van der Waals surface area contributed by atoms with Crippen molar-refractivity contribution in [3.05, 3.63) is 52.6 Å². The lowest BCUT2D eigenvalue weighted by atomic mass is 9.67. The van der Waals surface area contributed by atoms with Gasteiger partial charge in [-0.2, -0.15) is 4.98 Å². The van der Waals surface area contributed by atoms with E-state index in [9.17, 15) is 4.79 Å². The number of nitrogens with zero attached hydrogens (tertiary/aromatic N) is 3. The summed E-state index contributed by atoms with van der Waals surface area (Å²) in [5, 5.41) is 0. The van der Waals surface area contributed by atoms with E-state index in [1.807, 2.05) is 12.1 Å². The highest BCUT2D eigenvalue weighted by Gasteiger charge is 2.37. The molecule has 6 nitrogen and oxygen atoms in total. The van der Waals surface area contributed by atoms with Crippen LogP contribution in [0, 0.1) is 5.41 Å². The number of rotatable bonds is 3. The van der Waals surface area contributed by atoms with Crippen LogP contribution in [0.25, 0.3) is 5.69 Å². The summed E-state index contributed by atoms with van der Waals surface area (Å²) in [6.07, 6.45) is 9.26. The molecule has 0 unspecified atom stereocenters. The van der Waals surface area contributed by atoms with Gasteiger partial charge in [0, 0.05) is 18.8 Å². The number of piperidine rings is 1. The first kappa shape index (κ1) is 18.2. The number of nitrogens with two attached hydrogens (primary N) is 2. The van der Waals surface area contributed by atoms with Crippen LogP contribution in [0.2, 0.25) is 0 Å². The lowest BCUT2D eigenvalue weighted by Crippen LogP contribution is -2.43. The molecule has 2 aliphatic rings. The molecular weight excluding hydrogens is 338 g/mol. The molecule has 4 N–H and O–H groups in total. The number of anilines is 1. The molecular formula is C21H29N5O. The summed E-state index contributed by atoms with van der Waals surface area (Å²) in [5.74, 6) is 0.246. The van der Waals surface area contributed by atoms with Gasteiger partial charge in [0.15, 0.2) is 0 Å². The van der Waals surface area contributed by atoms with Gasteiger partial charge in [0.05, 0.1) is 5.69 Å². The third-order valence-corrected chi connectivity index (χ3v) is 6.45. The van der Waals surface area contributed by atoms with Crippen molar-refractivity contribution in [2.45, 2.75) is 51.1 Å². The van der Waals surface area contributed by atoms with Gasteiger partial charge in [0.1, 0.15) is 5.82 Å². The largest absolute Gasteiger partial charge is 0.383 e. The molecule has 0 amide bonds. The average Bonchev–Trinajstić information content (AvgIpc) is 2.67. The minimum Gasteiger partial charge on any atom is -0.383 e. The number of nitrogen functional groups attached to an aromatic ring is 1. The van der Waals surface area contributed by atoms with Gasteiger partial charge >= 0.3 is 5.69 Å². The lowest BCUT2D eigenvalue weighted by Gasteiger charge is -2.45. The second kappa shape index (κ2) is 7.44. The van der Waals surface area contributed by atoms with Crippen LogP contribution < -0.4 is 17.2 Å². The second-order valence-corrected chi connectivity index (χ2v) is 8.29. The molecule has 1 spiro atoms. The van der Waals surface area contributed by atoms with Gasteiger partial charge in [-0.3, -0.25) is 9.47 Å². The van der Waals surface area contributed by atoms with Gasteiger partial charge in [0.2, 0.25) is 0 Å². The fourth-order valence-electron chi connectivity index (χ4n) is 4.57. The fraction of sp³-hybridized carbons (Fsp3) is 0.524. The Morgan fingerprint density at radius 2 is 1.70 bits per heavy atom. The normalized spacial score (nSPS) is 20.8. The number of benzene rings is 1. The number of hydrogen-bond donors (Lipinski definition) is 2. The molecule has 1 aliphatic carbocycles. The van der Waals surface area contributed by atoms with Gasteiger partial charge in [0.25, 0.3) is 0 Å². The molecule has 1 aliphatic heterocycles. The van der Waals surface area contributed by atoms with E-state index in [4.69, 9.17) is 11.5 Å². The molecule has 144 valence electrons. The van der Waals surface area contributed by atoms with Gasteiger partial charge in [-0.25, -0.2) is 4.79 Å². The highest BCUT2D eigenvalue weighted by atomic mass is 16.1. The zero-order chi connectivity index (χ0) is 18.9. The molecule has 1 aromatic carbocycles. The van der Waals surface area contributed by atoms with Crippen molar-refractivity contribution in [3.63, 3.8) is 0 Å². The van der Waals surface area contributed by atoms with Crippen molar-refractivity contribution in [2.75, 3.05) is 18.8 Å². The molecule has 2 heterocycles. The fourth-order valence-corrected chi connectivity index (χ4v) is 4.57. The first-order valence-corrected chi connectivity index (χ1v) is 9.96. The summed E-state index contributed by atoms with van der Waals surface area (Å²) >= 11 is 0. The lowest BCUT2D eigenvalue weighted by molar-refractivity contribution is 0.0593. The Morgan fingerprint density at radius 1 is 1.04 bits per heavy atom. The maximum Gasteiger partial charge on any atom is 0.354 e. The van der Waals surface area contributed by atoms with E-state index in [0.717, 1.165) is 12.2 Å². The van der Waals surface area contributed by atoms with E-state index in [2.05, 4.69) is 22.0 Å². The molecule has 0 bridgehead atoms. The van der Waals surface area contributed by atoms with E-state index < -0.39 is 0 Å². The average molecular weight is 367 g/mol. The van der Waals surface area contributed by atoms with Crippen LogP contribution in [0.5, 0.6) is 0 Å². The molecule has 1 saturated carbocycles. The minimum absolute atomic E-state index is 0.246. The molecule has 0 radical (unpaired) electrons. The van der Waals surface area contributed by atoms with Crippen LogP contribution in [0.1, 0.15) is 44.1 Å². The summed E-state index contributed by atoms with van der Waals surface area (Å²) in [7, 11) is 0. The third kappa shape index (κ3) is 4.06. The van der Waals surface area contributed by atoms with Gasteiger partial charge in [-0.1, -0.05) is 12.1 Å². The Balaban J connectivity index is 1.36. The van der Waals surface area contributed by atoms with Crippen molar-refractivity contribution < 1.29 is 0 Å². The highest BCUT2D eigenvalue weighted by Crippen LogP contribution is 2.44. The maximum atomic E-state index is 12.0. The van der Waals surface area contributed by atoms with Crippen molar-refractivity contribution in [2.24, 2.45) is 11.1 Å². The van der Waals surface area contributed by atoms with E-state index in [-0.39, 0.29) is 11.5 Å². The smallest absolute Gasteiger partial charge is 0.354 e. The first-order valence-electron chi connectivity index (χ1n) is 9.96. The molecule has 2 aromatic rings. The maximum absolute atomic E-state index is 12.0. The summed E-state index contributed by atoms with van der Waals surface area (Å²) < 4.78 is 1.51. The van der Waals surface area contributed by atoms with Crippen molar-refractivity contribution in [1.82, 2.24) is 14.5 Å². The van der Waals surface area contributed by atoms with E-state index >= 15 is 0 Å². The van der Waals surface area contributed by atoms with Crippen molar-refractivity contribution >= 4 is 5.82 Å². The Hall–Kier alpha value is -2.18. The van der Waals surface area contributed by atoms with E-state index in [1.54, 1.807) is 12.3 Å². The Bertz CT molecular complexity index is 826. The van der Waals surface area contributed by atoms with Gasteiger partial charge in [-0.15, -0.1) is 0 Å². The van der Waals surface area contributed by atoms with Crippen LogP contribution in [0.15, 0.2) is 41.3 Å². The quantitative estimate of drug-likeness (QED) is 0.869. The topological polar surface area (TPSA) is 90.2 Å². The molecule has 1 aromatic heterocycles. The van der Waals surface area contributed by atoms with Gasteiger partial charge < -0.3 is 11.5 Å². The zero-order valence-electron chi connectivity index (χ0n) is 15.8. The Kier molecular flexibility index (Phi) is 5.02. The second-order valence-electron chi connectivity index (χ2n) is 8.29.